The molecular formula is C18H21N5O3. The van der Waals surface area contributed by atoms with Crippen LogP contribution in [0.3, 0.4) is 0 Å². The van der Waals surface area contributed by atoms with E-state index in [9.17, 15) is 9.59 Å². The van der Waals surface area contributed by atoms with E-state index in [4.69, 9.17) is 4.74 Å². The van der Waals surface area contributed by atoms with E-state index in [1.165, 1.54) is 19.5 Å². The van der Waals surface area contributed by atoms with Crippen molar-refractivity contribution in [2.24, 2.45) is 0 Å². The van der Waals surface area contributed by atoms with E-state index in [2.05, 4.69) is 20.2 Å². The number of likely N-dealkylation sites (N-methyl/N-ethyl adjacent to an activating group) is 1. The average Bonchev–Trinajstić information content (AvgIpc) is 2.68. The molecule has 0 atom stereocenters. The fraction of sp³-hybridized carbons (Fsp3) is 0.333. The van der Waals surface area contributed by atoms with Gasteiger partial charge in [0.05, 0.1) is 23.9 Å². The molecule has 1 amide bonds. The first kappa shape index (κ1) is 17.8. The van der Waals surface area contributed by atoms with E-state index >= 15 is 0 Å². The van der Waals surface area contributed by atoms with Crippen LogP contribution >= 0.6 is 0 Å². The molecule has 0 saturated carbocycles. The molecule has 3 rings (SSSR count). The number of hydrogen-bond acceptors (Lipinski definition) is 7. The Morgan fingerprint density at radius 3 is 2.38 bits per heavy atom. The zero-order chi connectivity index (χ0) is 18.5. The summed E-state index contributed by atoms with van der Waals surface area (Å²) in [6.07, 6.45) is 2.99. The van der Waals surface area contributed by atoms with Crippen molar-refractivity contribution in [3.8, 4) is 0 Å². The molecule has 26 heavy (non-hydrogen) atoms. The van der Waals surface area contributed by atoms with Crippen LogP contribution in [0, 0.1) is 0 Å². The molecule has 8 heteroatoms. The maximum absolute atomic E-state index is 12.5. The second-order valence-corrected chi connectivity index (χ2v) is 6.05. The molecule has 2 aromatic rings. The Hall–Kier alpha value is -3.00. The molecule has 1 fully saturated rings. The predicted octanol–water partition coefficient (Wildman–Crippen LogP) is 1.39. The van der Waals surface area contributed by atoms with Crippen LogP contribution in [-0.4, -0.2) is 72.0 Å². The molecule has 0 aliphatic carbocycles. The van der Waals surface area contributed by atoms with Crippen LogP contribution < -0.4 is 5.32 Å². The molecule has 0 bridgehead atoms. The minimum atomic E-state index is -0.449. The molecular weight excluding hydrogens is 334 g/mol. The zero-order valence-corrected chi connectivity index (χ0v) is 14.8. The number of amides is 1. The first-order valence-electron chi connectivity index (χ1n) is 8.32. The van der Waals surface area contributed by atoms with Crippen molar-refractivity contribution < 1.29 is 14.3 Å². The SMILES string of the molecule is COC(=O)c1ccccc1Nc1ncc(C(=O)N2CCN(C)CC2)cn1. The number of rotatable bonds is 4. The molecule has 0 radical (unpaired) electrons. The summed E-state index contributed by atoms with van der Waals surface area (Å²) in [6, 6.07) is 6.93. The summed E-state index contributed by atoms with van der Waals surface area (Å²) in [6.45, 7) is 3.11. The van der Waals surface area contributed by atoms with Gasteiger partial charge in [0, 0.05) is 38.6 Å². The predicted molar refractivity (Wildman–Crippen MR) is 96.5 cm³/mol. The lowest BCUT2D eigenvalue weighted by molar-refractivity contribution is 0.0601. The zero-order valence-electron chi connectivity index (χ0n) is 14.8. The first-order valence-corrected chi connectivity index (χ1v) is 8.32. The summed E-state index contributed by atoms with van der Waals surface area (Å²) in [7, 11) is 3.37. The fourth-order valence-corrected chi connectivity index (χ4v) is 2.70. The molecule has 1 aliphatic rings. The van der Waals surface area contributed by atoms with Gasteiger partial charge in [-0.2, -0.15) is 0 Å². The number of anilines is 2. The summed E-state index contributed by atoms with van der Waals surface area (Å²) >= 11 is 0. The number of hydrogen-bond donors (Lipinski definition) is 1. The second kappa shape index (κ2) is 7.92. The summed E-state index contributed by atoms with van der Waals surface area (Å²) < 4.78 is 4.77. The van der Waals surface area contributed by atoms with E-state index in [1.807, 2.05) is 7.05 Å². The van der Waals surface area contributed by atoms with Crippen molar-refractivity contribution in [1.29, 1.82) is 0 Å². The van der Waals surface area contributed by atoms with Crippen molar-refractivity contribution in [2.45, 2.75) is 0 Å². The fourth-order valence-electron chi connectivity index (χ4n) is 2.70. The number of piperazine rings is 1. The summed E-state index contributed by atoms with van der Waals surface area (Å²) in [5.41, 5.74) is 1.37. The molecule has 1 aromatic carbocycles. The standard InChI is InChI=1S/C18H21N5O3/c1-22-7-9-23(10-8-22)16(24)13-11-19-18(20-12-13)21-15-6-4-3-5-14(15)17(25)26-2/h3-6,11-12H,7-10H2,1-2H3,(H,19,20,21). The van der Waals surface area contributed by atoms with E-state index in [-0.39, 0.29) is 5.91 Å². The smallest absolute Gasteiger partial charge is 0.339 e. The van der Waals surface area contributed by atoms with Gasteiger partial charge in [-0.05, 0) is 19.2 Å². The van der Waals surface area contributed by atoms with Crippen LogP contribution in [0.15, 0.2) is 36.7 Å². The first-order chi connectivity index (χ1) is 12.6. The molecule has 0 unspecified atom stereocenters. The maximum Gasteiger partial charge on any atom is 0.339 e. The van der Waals surface area contributed by atoms with Crippen molar-refractivity contribution in [2.75, 3.05) is 45.7 Å². The van der Waals surface area contributed by atoms with Crippen molar-refractivity contribution >= 4 is 23.5 Å². The van der Waals surface area contributed by atoms with Gasteiger partial charge in [0.25, 0.3) is 5.91 Å². The highest BCUT2D eigenvalue weighted by atomic mass is 16.5. The van der Waals surface area contributed by atoms with Gasteiger partial charge in [0.15, 0.2) is 0 Å². The Labute approximate surface area is 151 Å². The third kappa shape index (κ3) is 3.97. The normalized spacial score (nSPS) is 14.8. The lowest BCUT2D eigenvalue weighted by Gasteiger charge is -2.32. The number of nitrogens with zero attached hydrogens (tertiary/aromatic N) is 4. The van der Waals surface area contributed by atoms with Gasteiger partial charge >= 0.3 is 5.97 Å². The number of methoxy groups -OCH3 is 1. The Morgan fingerprint density at radius 1 is 1.08 bits per heavy atom. The lowest BCUT2D eigenvalue weighted by Crippen LogP contribution is -2.47. The average molecular weight is 355 g/mol. The van der Waals surface area contributed by atoms with Crippen molar-refractivity contribution in [3.05, 3.63) is 47.8 Å². The van der Waals surface area contributed by atoms with Crippen LogP contribution in [-0.2, 0) is 4.74 Å². The number of esters is 1. The molecule has 2 heterocycles. The van der Waals surface area contributed by atoms with E-state index < -0.39 is 5.97 Å². The Morgan fingerprint density at radius 2 is 1.73 bits per heavy atom. The number of benzene rings is 1. The van der Waals surface area contributed by atoms with Crippen molar-refractivity contribution in [3.63, 3.8) is 0 Å². The third-order valence-electron chi connectivity index (χ3n) is 4.27. The highest BCUT2D eigenvalue weighted by Crippen LogP contribution is 2.19. The molecule has 1 N–H and O–H groups in total. The van der Waals surface area contributed by atoms with Crippen LogP contribution in [0.1, 0.15) is 20.7 Å². The van der Waals surface area contributed by atoms with Gasteiger partial charge < -0.3 is 19.9 Å². The number of ether oxygens (including phenoxy) is 1. The van der Waals surface area contributed by atoms with E-state index in [0.717, 1.165) is 13.1 Å². The number of carbonyl (C=O) groups is 2. The second-order valence-electron chi connectivity index (χ2n) is 6.05. The summed E-state index contributed by atoms with van der Waals surface area (Å²) in [5.74, 6) is -0.217. The maximum atomic E-state index is 12.5. The topological polar surface area (TPSA) is 87.7 Å². The third-order valence-corrected chi connectivity index (χ3v) is 4.27. The van der Waals surface area contributed by atoms with E-state index in [0.29, 0.717) is 35.9 Å². The molecule has 1 aliphatic heterocycles. The van der Waals surface area contributed by atoms with Gasteiger partial charge in [0.1, 0.15) is 0 Å². The van der Waals surface area contributed by atoms with Crippen LogP contribution in [0.25, 0.3) is 0 Å². The Kier molecular flexibility index (Phi) is 5.43. The largest absolute Gasteiger partial charge is 0.465 e. The number of nitrogens with one attached hydrogen (secondary N) is 1. The molecule has 0 spiro atoms. The van der Waals surface area contributed by atoms with Crippen LogP contribution in [0.2, 0.25) is 0 Å². The van der Waals surface area contributed by atoms with Gasteiger partial charge in [0.2, 0.25) is 5.95 Å². The quantitative estimate of drug-likeness (QED) is 0.829. The Bertz CT molecular complexity index is 786. The number of carbonyl (C=O) groups excluding carboxylic acids is 2. The summed E-state index contributed by atoms with van der Waals surface area (Å²) in [5, 5.41) is 2.98. The molecule has 1 aromatic heterocycles. The highest BCUT2D eigenvalue weighted by Gasteiger charge is 2.21. The molecule has 8 nitrogen and oxygen atoms in total. The van der Waals surface area contributed by atoms with E-state index in [1.54, 1.807) is 29.2 Å². The summed E-state index contributed by atoms with van der Waals surface area (Å²) in [4.78, 5) is 36.7. The van der Waals surface area contributed by atoms with Gasteiger partial charge in [-0.3, -0.25) is 4.79 Å². The molecule has 1 saturated heterocycles. The van der Waals surface area contributed by atoms with Crippen LogP contribution in [0.4, 0.5) is 11.6 Å². The minimum Gasteiger partial charge on any atom is -0.465 e. The monoisotopic (exact) mass is 355 g/mol. The number of para-hydroxylation sites is 1. The van der Waals surface area contributed by atoms with Gasteiger partial charge in [-0.15, -0.1) is 0 Å². The van der Waals surface area contributed by atoms with Crippen molar-refractivity contribution in [1.82, 2.24) is 19.8 Å². The molecule has 136 valence electrons. The highest BCUT2D eigenvalue weighted by molar-refractivity contribution is 5.96. The van der Waals surface area contributed by atoms with Crippen LogP contribution in [0.5, 0.6) is 0 Å². The Balaban J connectivity index is 1.71. The van der Waals surface area contributed by atoms with Gasteiger partial charge in [-0.1, -0.05) is 12.1 Å². The lowest BCUT2D eigenvalue weighted by atomic mass is 10.2. The van der Waals surface area contributed by atoms with Gasteiger partial charge in [-0.25, -0.2) is 14.8 Å². The number of aromatic nitrogens is 2. The minimum absolute atomic E-state index is 0.0698.